The first-order valence-electron chi connectivity index (χ1n) is 8.04. The Balaban J connectivity index is 1.68. The van der Waals surface area contributed by atoms with Crippen molar-refractivity contribution in [2.45, 2.75) is 31.0 Å². The van der Waals surface area contributed by atoms with Crippen molar-refractivity contribution in [3.05, 3.63) is 52.8 Å². The van der Waals surface area contributed by atoms with Gasteiger partial charge < -0.3 is 4.98 Å². The Morgan fingerprint density at radius 2 is 2.04 bits per heavy atom. The van der Waals surface area contributed by atoms with Gasteiger partial charge in [0.15, 0.2) is 5.78 Å². The molecule has 0 fully saturated rings. The summed E-state index contributed by atoms with van der Waals surface area (Å²) in [6.07, 6.45) is 3.39. The van der Waals surface area contributed by atoms with Crippen LogP contribution in [0.5, 0.6) is 0 Å². The Morgan fingerprint density at radius 3 is 2.88 bits per heavy atom. The Labute approximate surface area is 153 Å². The number of para-hydroxylation sites is 1. The third-order valence-electron chi connectivity index (χ3n) is 4.44. The van der Waals surface area contributed by atoms with Gasteiger partial charge in [0.2, 0.25) is 0 Å². The minimum absolute atomic E-state index is 0.110. The molecule has 126 valence electrons. The van der Waals surface area contributed by atoms with Gasteiger partial charge in [-0.2, -0.15) is 0 Å². The van der Waals surface area contributed by atoms with Gasteiger partial charge in [-0.3, -0.25) is 4.79 Å². The summed E-state index contributed by atoms with van der Waals surface area (Å²) in [6, 6.07) is 7.88. The van der Waals surface area contributed by atoms with E-state index < -0.39 is 0 Å². The number of aromatic amines is 1. The molecular weight excluding hydrogens is 350 g/mol. The zero-order valence-electron chi connectivity index (χ0n) is 14.2. The predicted octanol–water partition coefficient (Wildman–Crippen LogP) is 5.15. The summed E-state index contributed by atoms with van der Waals surface area (Å²) in [5.74, 6) is 0.110. The van der Waals surface area contributed by atoms with Crippen LogP contribution in [-0.2, 0) is 0 Å². The van der Waals surface area contributed by atoms with E-state index in [1.54, 1.807) is 23.9 Å². The fourth-order valence-corrected chi connectivity index (χ4v) is 5.06. The largest absolute Gasteiger partial charge is 0.360 e. The quantitative estimate of drug-likeness (QED) is 0.308. The van der Waals surface area contributed by atoms with Crippen molar-refractivity contribution in [2.24, 2.45) is 0 Å². The molecule has 1 aromatic carbocycles. The van der Waals surface area contributed by atoms with E-state index in [1.165, 1.54) is 22.2 Å². The highest BCUT2D eigenvalue weighted by atomic mass is 32.2. The predicted molar refractivity (Wildman–Crippen MR) is 105 cm³/mol. The van der Waals surface area contributed by atoms with E-state index in [0.717, 1.165) is 31.7 Å². The van der Waals surface area contributed by atoms with Crippen LogP contribution in [0.4, 0.5) is 0 Å². The van der Waals surface area contributed by atoms with Crippen LogP contribution in [0.1, 0.15) is 27.7 Å². The summed E-state index contributed by atoms with van der Waals surface area (Å²) in [5.41, 5.74) is 2.92. The zero-order chi connectivity index (χ0) is 17.6. The van der Waals surface area contributed by atoms with Crippen LogP contribution in [0, 0.1) is 13.8 Å². The second-order valence-corrected chi connectivity index (χ2v) is 8.55. The molecule has 4 nitrogen and oxygen atoms in total. The molecule has 0 spiro atoms. The Hall–Kier alpha value is -2.18. The van der Waals surface area contributed by atoms with E-state index in [4.69, 9.17) is 0 Å². The minimum Gasteiger partial charge on any atom is -0.360 e. The number of hydrogen-bond donors (Lipinski definition) is 1. The maximum absolute atomic E-state index is 13.0. The summed E-state index contributed by atoms with van der Waals surface area (Å²) >= 11 is 3.18. The van der Waals surface area contributed by atoms with Gasteiger partial charge >= 0.3 is 0 Å². The van der Waals surface area contributed by atoms with E-state index >= 15 is 0 Å². The van der Waals surface area contributed by atoms with Crippen LogP contribution in [-0.4, -0.2) is 26.0 Å². The number of aromatic nitrogens is 3. The Kier molecular flexibility index (Phi) is 4.09. The number of benzene rings is 1. The standard InChI is InChI=1S/C19H17N3OS2/c1-10-11(2)24-18-16(10)19(22-9-21-18)25-12(3)17(23)14-8-20-15-7-5-4-6-13(14)15/h4-9,12,20H,1-3H3/t12-/m0/s1. The van der Waals surface area contributed by atoms with E-state index in [2.05, 4.69) is 28.8 Å². The number of fused-ring (bicyclic) bond motifs is 2. The first kappa shape index (κ1) is 16.3. The van der Waals surface area contributed by atoms with Crippen LogP contribution in [0.25, 0.3) is 21.1 Å². The zero-order valence-corrected chi connectivity index (χ0v) is 15.8. The van der Waals surface area contributed by atoms with Gasteiger partial charge in [0.1, 0.15) is 16.2 Å². The molecule has 4 aromatic rings. The average molecular weight is 367 g/mol. The maximum Gasteiger partial charge on any atom is 0.178 e. The van der Waals surface area contributed by atoms with Crippen LogP contribution in [0.2, 0.25) is 0 Å². The molecule has 0 amide bonds. The Morgan fingerprint density at radius 1 is 1.24 bits per heavy atom. The number of carbonyl (C=O) groups is 1. The number of carbonyl (C=O) groups excluding carboxylic acids is 1. The Bertz CT molecular complexity index is 1100. The summed E-state index contributed by atoms with van der Waals surface area (Å²) in [6.45, 7) is 6.13. The second kappa shape index (κ2) is 6.28. The lowest BCUT2D eigenvalue weighted by molar-refractivity contribution is 0.0995. The number of rotatable bonds is 4. The molecule has 3 aromatic heterocycles. The molecule has 4 rings (SSSR count). The number of aryl methyl sites for hydroxylation is 2. The first-order chi connectivity index (χ1) is 12.1. The number of nitrogens with one attached hydrogen (secondary N) is 1. The summed E-state index contributed by atoms with van der Waals surface area (Å²) in [4.78, 5) is 27.2. The van der Waals surface area contributed by atoms with E-state index in [0.29, 0.717) is 0 Å². The molecule has 0 aliphatic carbocycles. The maximum atomic E-state index is 13.0. The van der Waals surface area contributed by atoms with Crippen LogP contribution < -0.4 is 0 Å². The van der Waals surface area contributed by atoms with E-state index in [9.17, 15) is 4.79 Å². The highest BCUT2D eigenvalue weighted by molar-refractivity contribution is 8.00. The highest BCUT2D eigenvalue weighted by Gasteiger charge is 2.22. The molecule has 1 N–H and O–H groups in total. The van der Waals surface area contributed by atoms with Crippen LogP contribution in [0.3, 0.4) is 0 Å². The topological polar surface area (TPSA) is 58.6 Å². The van der Waals surface area contributed by atoms with Crippen LogP contribution in [0.15, 0.2) is 41.8 Å². The third-order valence-corrected chi connectivity index (χ3v) is 6.66. The van der Waals surface area contributed by atoms with Crippen molar-refractivity contribution in [1.82, 2.24) is 15.0 Å². The van der Waals surface area contributed by atoms with Crippen molar-refractivity contribution >= 4 is 50.0 Å². The van der Waals surface area contributed by atoms with E-state index in [1.807, 2.05) is 31.2 Å². The smallest absolute Gasteiger partial charge is 0.178 e. The average Bonchev–Trinajstić information content (AvgIpc) is 3.16. The molecule has 0 saturated carbocycles. The minimum atomic E-state index is -0.225. The molecule has 3 heterocycles. The van der Waals surface area contributed by atoms with Gasteiger partial charge in [-0.05, 0) is 32.4 Å². The molecule has 1 atom stereocenters. The molecule has 0 unspecified atom stereocenters. The van der Waals surface area contributed by atoms with Gasteiger partial charge in [0, 0.05) is 32.9 Å². The summed E-state index contributed by atoms with van der Waals surface area (Å²) in [5, 5.41) is 2.70. The highest BCUT2D eigenvalue weighted by Crippen LogP contribution is 2.36. The molecule has 0 saturated heterocycles. The molecule has 0 radical (unpaired) electrons. The number of thioether (sulfide) groups is 1. The van der Waals surface area contributed by atoms with Gasteiger partial charge in [-0.1, -0.05) is 30.0 Å². The molecule has 0 aliphatic heterocycles. The van der Waals surface area contributed by atoms with Crippen molar-refractivity contribution in [3.63, 3.8) is 0 Å². The van der Waals surface area contributed by atoms with Gasteiger partial charge in [0.05, 0.1) is 5.25 Å². The summed E-state index contributed by atoms with van der Waals surface area (Å²) in [7, 11) is 0. The second-order valence-electron chi connectivity index (χ2n) is 6.01. The summed E-state index contributed by atoms with van der Waals surface area (Å²) < 4.78 is 0. The lowest BCUT2D eigenvalue weighted by Crippen LogP contribution is -2.13. The van der Waals surface area contributed by atoms with E-state index in [-0.39, 0.29) is 11.0 Å². The SMILES string of the molecule is Cc1sc2ncnc(S[C@@H](C)C(=O)c3c[nH]c4ccccc34)c2c1C. The first-order valence-corrected chi connectivity index (χ1v) is 9.73. The normalized spacial score (nSPS) is 12.8. The van der Waals surface area contributed by atoms with Gasteiger partial charge in [0.25, 0.3) is 0 Å². The number of Topliss-reactive ketones (excluding diaryl/α,β-unsaturated/α-hetero) is 1. The number of H-pyrrole nitrogens is 1. The fourth-order valence-electron chi connectivity index (χ4n) is 2.95. The molecular formula is C19H17N3OS2. The third kappa shape index (κ3) is 2.75. The van der Waals surface area contributed by atoms with Crippen molar-refractivity contribution in [3.8, 4) is 0 Å². The molecule has 6 heteroatoms. The van der Waals surface area contributed by atoms with Crippen molar-refractivity contribution in [1.29, 1.82) is 0 Å². The number of hydrogen-bond acceptors (Lipinski definition) is 5. The number of thiophene rings is 1. The number of nitrogens with zero attached hydrogens (tertiary/aromatic N) is 2. The van der Waals surface area contributed by atoms with Crippen LogP contribution >= 0.6 is 23.1 Å². The van der Waals surface area contributed by atoms with Crippen molar-refractivity contribution < 1.29 is 4.79 Å². The van der Waals surface area contributed by atoms with Gasteiger partial charge in [-0.15, -0.1) is 11.3 Å². The fraction of sp³-hybridized carbons (Fsp3) is 0.211. The molecule has 0 aliphatic rings. The monoisotopic (exact) mass is 367 g/mol. The number of ketones is 1. The molecule has 0 bridgehead atoms. The molecule has 25 heavy (non-hydrogen) atoms. The lowest BCUT2D eigenvalue weighted by Gasteiger charge is -2.10. The van der Waals surface area contributed by atoms with Crippen molar-refractivity contribution in [2.75, 3.05) is 0 Å². The lowest BCUT2D eigenvalue weighted by atomic mass is 10.1. The van der Waals surface area contributed by atoms with Gasteiger partial charge in [-0.25, -0.2) is 9.97 Å².